The van der Waals surface area contributed by atoms with Gasteiger partial charge in [-0.3, -0.25) is 0 Å². The Kier molecular flexibility index (Phi) is 2.29. The van der Waals surface area contributed by atoms with E-state index >= 15 is 0 Å². The van der Waals surface area contributed by atoms with Crippen molar-refractivity contribution in [2.24, 2.45) is 17.6 Å². The monoisotopic (exact) mass is 207 g/mol. The van der Waals surface area contributed by atoms with Gasteiger partial charge in [-0.2, -0.15) is 13.2 Å². The Balaban J connectivity index is 1.86. The first-order chi connectivity index (χ1) is 6.43. The fourth-order valence-electron chi connectivity index (χ4n) is 3.03. The molecule has 0 aromatic rings. The molecule has 4 heteroatoms. The zero-order valence-corrected chi connectivity index (χ0v) is 8.11. The van der Waals surface area contributed by atoms with E-state index in [1.165, 1.54) is 0 Å². The van der Waals surface area contributed by atoms with Crippen molar-refractivity contribution in [3.8, 4) is 0 Å². The largest absolute Gasteiger partial charge is 0.389 e. The van der Waals surface area contributed by atoms with E-state index in [0.29, 0.717) is 11.8 Å². The van der Waals surface area contributed by atoms with Gasteiger partial charge >= 0.3 is 6.18 Å². The molecule has 0 aromatic carbocycles. The molecular formula is C10H16F3N. The molecule has 0 aromatic heterocycles. The van der Waals surface area contributed by atoms with Crippen LogP contribution in [0.15, 0.2) is 0 Å². The van der Waals surface area contributed by atoms with Gasteiger partial charge < -0.3 is 5.73 Å². The van der Waals surface area contributed by atoms with Gasteiger partial charge in [0.25, 0.3) is 0 Å². The smallest absolute Gasteiger partial charge is 0.325 e. The SMILES string of the molecule is NC1(CCC(F)(F)F)C2CCCCC21. The van der Waals surface area contributed by atoms with E-state index in [4.69, 9.17) is 5.73 Å². The van der Waals surface area contributed by atoms with Crippen LogP contribution in [0.5, 0.6) is 0 Å². The highest BCUT2D eigenvalue weighted by Gasteiger charge is 2.61. The molecule has 2 rings (SSSR count). The molecule has 82 valence electrons. The Hall–Kier alpha value is -0.250. The van der Waals surface area contributed by atoms with Crippen LogP contribution in [0.4, 0.5) is 13.2 Å². The predicted molar refractivity (Wildman–Crippen MR) is 47.7 cm³/mol. The van der Waals surface area contributed by atoms with Crippen molar-refractivity contribution in [1.82, 2.24) is 0 Å². The number of fused-ring (bicyclic) bond motifs is 1. The van der Waals surface area contributed by atoms with E-state index in [0.717, 1.165) is 25.7 Å². The minimum atomic E-state index is -4.04. The Labute approximate surface area is 81.8 Å². The number of nitrogens with two attached hydrogens (primary N) is 1. The van der Waals surface area contributed by atoms with Crippen LogP contribution in [0.3, 0.4) is 0 Å². The number of halogens is 3. The highest BCUT2D eigenvalue weighted by Crippen LogP contribution is 2.59. The lowest BCUT2D eigenvalue weighted by Crippen LogP contribution is -2.29. The summed E-state index contributed by atoms with van der Waals surface area (Å²) in [6.45, 7) is 0. The zero-order valence-electron chi connectivity index (χ0n) is 8.11. The maximum Gasteiger partial charge on any atom is 0.389 e. The van der Waals surface area contributed by atoms with Gasteiger partial charge in [0.1, 0.15) is 0 Å². The van der Waals surface area contributed by atoms with Gasteiger partial charge in [0.15, 0.2) is 0 Å². The van der Waals surface area contributed by atoms with Gasteiger partial charge in [0, 0.05) is 12.0 Å². The second-order valence-electron chi connectivity index (χ2n) is 4.72. The van der Waals surface area contributed by atoms with E-state index < -0.39 is 18.1 Å². The summed E-state index contributed by atoms with van der Waals surface area (Å²) in [7, 11) is 0. The van der Waals surface area contributed by atoms with Gasteiger partial charge in [-0.15, -0.1) is 0 Å². The Bertz CT molecular complexity index is 212. The number of rotatable bonds is 2. The first kappa shape index (κ1) is 10.3. The first-order valence-electron chi connectivity index (χ1n) is 5.29. The van der Waals surface area contributed by atoms with Crippen molar-refractivity contribution in [1.29, 1.82) is 0 Å². The highest BCUT2D eigenvalue weighted by atomic mass is 19.4. The Morgan fingerprint density at radius 3 is 2.07 bits per heavy atom. The fraction of sp³-hybridized carbons (Fsp3) is 1.00. The maximum absolute atomic E-state index is 12.0. The zero-order chi connectivity index (χ0) is 10.4. The molecule has 0 spiro atoms. The molecule has 0 heterocycles. The second kappa shape index (κ2) is 3.12. The summed E-state index contributed by atoms with van der Waals surface area (Å²) in [4.78, 5) is 0. The molecule has 0 aliphatic heterocycles. The molecule has 0 radical (unpaired) electrons. The van der Waals surface area contributed by atoms with Crippen LogP contribution >= 0.6 is 0 Å². The van der Waals surface area contributed by atoms with Crippen LogP contribution in [0, 0.1) is 11.8 Å². The summed E-state index contributed by atoms with van der Waals surface area (Å²) < 4.78 is 36.1. The van der Waals surface area contributed by atoms with Crippen LogP contribution in [-0.4, -0.2) is 11.7 Å². The molecule has 2 aliphatic rings. The first-order valence-corrected chi connectivity index (χ1v) is 5.29. The van der Waals surface area contributed by atoms with Crippen LogP contribution in [0.2, 0.25) is 0 Å². The summed E-state index contributed by atoms with van der Waals surface area (Å²) in [5, 5.41) is 0. The van der Waals surface area contributed by atoms with Crippen LogP contribution in [0.1, 0.15) is 38.5 Å². The molecule has 1 nitrogen and oxygen atoms in total. The van der Waals surface area contributed by atoms with Crippen LogP contribution in [-0.2, 0) is 0 Å². The van der Waals surface area contributed by atoms with E-state index in [9.17, 15) is 13.2 Å². The lowest BCUT2D eigenvalue weighted by Gasteiger charge is -2.13. The topological polar surface area (TPSA) is 26.0 Å². The third kappa shape index (κ3) is 1.76. The van der Waals surface area contributed by atoms with Crippen molar-refractivity contribution < 1.29 is 13.2 Å². The standard InChI is InChI=1S/C10H16F3N/c11-10(12,13)6-5-9(14)7-3-1-2-4-8(7)9/h7-8H,1-6,14H2. The summed E-state index contributed by atoms with van der Waals surface area (Å²) in [5.41, 5.74) is 5.54. The molecule has 0 saturated heterocycles. The molecule has 2 unspecified atom stereocenters. The van der Waals surface area contributed by atoms with Crippen molar-refractivity contribution in [3.05, 3.63) is 0 Å². The lowest BCUT2D eigenvalue weighted by atomic mass is 10.0. The van der Waals surface area contributed by atoms with Gasteiger partial charge in [-0.05, 0) is 31.1 Å². The predicted octanol–water partition coefficient (Wildman–Crippen LogP) is 2.85. The van der Waals surface area contributed by atoms with E-state index in [1.807, 2.05) is 0 Å². The molecule has 2 saturated carbocycles. The Morgan fingerprint density at radius 1 is 1.14 bits per heavy atom. The third-order valence-corrected chi connectivity index (χ3v) is 3.88. The minimum absolute atomic E-state index is 0.131. The molecule has 0 amide bonds. The molecule has 2 N–H and O–H groups in total. The normalized spacial score (nSPS) is 42.0. The average Bonchev–Trinajstić information content (AvgIpc) is 2.71. The summed E-state index contributed by atoms with van der Waals surface area (Å²) in [6.07, 6.45) is -0.253. The number of hydrogen-bond donors (Lipinski definition) is 1. The maximum atomic E-state index is 12.0. The van der Waals surface area contributed by atoms with E-state index in [2.05, 4.69) is 0 Å². The molecule has 2 aliphatic carbocycles. The number of hydrogen-bond acceptors (Lipinski definition) is 1. The second-order valence-corrected chi connectivity index (χ2v) is 4.72. The quantitative estimate of drug-likeness (QED) is 0.740. The molecule has 2 fully saturated rings. The minimum Gasteiger partial charge on any atom is -0.325 e. The van der Waals surface area contributed by atoms with Crippen LogP contribution in [0.25, 0.3) is 0 Å². The van der Waals surface area contributed by atoms with Crippen LogP contribution < -0.4 is 5.73 Å². The van der Waals surface area contributed by atoms with Gasteiger partial charge in [0.05, 0.1) is 0 Å². The van der Waals surface area contributed by atoms with Gasteiger partial charge in [-0.25, -0.2) is 0 Å². The molecule has 0 bridgehead atoms. The average molecular weight is 207 g/mol. The third-order valence-electron chi connectivity index (χ3n) is 3.88. The van der Waals surface area contributed by atoms with Crippen molar-refractivity contribution >= 4 is 0 Å². The van der Waals surface area contributed by atoms with Crippen molar-refractivity contribution in [2.75, 3.05) is 0 Å². The van der Waals surface area contributed by atoms with Crippen molar-refractivity contribution in [3.63, 3.8) is 0 Å². The van der Waals surface area contributed by atoms with Crippen molar-refractivity contribution in [2.45, 2.75) is 50.2 Å². The molecule has 2 atom stereocenters. The van der Waals surface area contributed by atoms with E-state index in [-0.39, 0.29) is 6.42 Å². The Morgan fingerprint density at radius 2 is 1.64 bits per heavy atom. The fourth-order valence-corrected chi connectivity index (χ4v) is 3.03. The van der Waals surface area contributed by atoms with E-state index in [1.54, 1.807) is 0 Å². The lowest BCUT2D eigenvalue weighted by molar-refractivity contribution is -0.137. The highest BCUT2D eigenvalue weighted by molar-refractivity contribution is 5.16. The molecule has 14 heavy (non-hydrogen) atoms. The number of alkyl halides is 3. The summed E-state index contributed by atoms with van der Waals surface area (Å²) >= 11 is 0. The van der Waals surface area contributed by atoms with Gasteiger partial charge in [0.2, 0.25) is 0 Å². The summed E-state index contributed by atoms with van der Waals surface area (Å²) in [5.74, 6) is 0.775. The summed E-state index contributed by atoms with van der Waals surface area (Å²) in [6, 6.07) is 0. The molecular weight excluding hydrogens is 191 g/mol. The van der Waals surface area contributed by atoms with Gasteiger partial charge in [-0.1, -0.05) is 12.8 Å².